The monoisotopic (exact) mass is 175 g/mol. The number of nitrogens with two attached hydrogens (primary N) is 1. The Morgan fingerprint density at radius 2 is 1.75 bits per heavy atom. The number of hydrogen-bond donors (Lipinski definition) is 1. The molecular weight excluding hydrogens is 165 g/mol. The van der Waals surface area contributed by atoms with E-state index in [1.165, 1.54) is 5.39 Å². The first-order chi connectivity index (χ1) is 5.79. The molecule has 0 aliphatic carbocycles. The number of nitrogen functional groups attached to an aromatic ring is 1. The molecule has 1 nitrogen and oxygen atoms in total. The molecule has 0 aliphatic rings. The van der Waals surface area contributed by atoms with Crippen LogP contribution in [0, 0.1) is 0 Å². The quantitative estimate of drug-likeness (QED) is 0.480. The average Bonchev–Trinajstić information content (AvgIpc) is 2.12. The Hall–Kier alpha value is -1.07. The molecule has 0 radical (unpaired) electrons. The van der Waals surface area contributed by atoms with E-state index in [1.54, 1.807) is 0 Å². The standard InChI is InChI=1S/C10H10NP/c11-10-8-4-2-1-3-7(8)5-6-9(10)12/h1-6H,11-12H2. The summed E-state index contributed by atoms with van der Waals surface area (Å²) < 4.78 is 0. The van der Waals surface area contributed by atoms with E-state index in [0.717, 1.165) is 16.4 Å². The van der Waals surface area contributed by atoms with Crippen molar-refractivity contribution in [3.63, 3.8) is 0 Å². The molecule has 2 N–H and O–H groups in total. The fraction of sp³-hybridized carbons (Fsp3) is 0. The number of fused-ring (bicyclic) bond motifs is 1. The van der Waals surface area contributed by atoms with Crippen LogP contribution >= 0.6 is 9.24 Å². The number of benzene rings is 2. The van der Waals surface area contributed by atoms with Crippen molar-refractivity contribution in [1.82, 2.24) is 0 Å². The van der Waals surface area contributed by atoms with Gasteiger partial charge in [0, 0.05) is 11.1 Å². The summed E-state index contributed by atoms with van der Waals surface area (Å²) in [5, 5.41) is 3.39. The highest BCUT2D eigenvalue weighted by molar-refractivity contribution is 7.28. The third-order valence-corrected chi connectivity index (χ3v) is 2.51. The largest absolute Gasteiger partial charge is 0.398 e. The zero-order valence-electron chi connectivity index (χ0n) is 6.62. The van der Waals surface area contributed by atoms with Crippen LogP contribution in [0.4, 0.5) is 5.69 Å². The Balaban J connectivity index is 2.91. The smallest absolute Gasteiger partial charge is 0.0466 e. The highest BCUT2D eigenvalue weighted by Crippen LogP contribution is 2.19. The average molecular weight is 175 g/mol. The molecule has 2 rings (SSSR count). The fourth-order valence-corrected chi connectivity index (χ4v) is 1.56. The van der Waals surface area contributed by atoms with Gasteiger partial charge >= 0.3 is 0 Å². The molecule has 2 aromatic rings. The Morgan fingerprint density at radius 3 is 2.58 bits per heavy atom. The van der Waals surface area contributed by atoms with E-state index >= 15 is 0 Å². The second-order valence-corrected chi connectivity index (χ2v) is 3.41. The Bertz CT molecular complexity index is 423. The van der Waals surface area contributed by atoms with Gasteiger partial charge < -0.3 is 5.73 Å². The van der Waals surface area contributed by atoms with E-state index in [9.17, 15) is 0 Å². The topological polar surface area (TPSA) is 26.0 Å². The summed E-state index contributed by atoms with van der Waals surface area (Å²) in [7, 11) is 2.63. The van der Waals surface area contributed by atoms with Crippen LogP contribution in [-0.2, 0) is 0 Å². The molecule has 0 aliphatic heterocycles. The lowest BCUT2D eigenvalue weighted by molar-refractivity contribution is 1.77. The third kappa shape index (κ3) is 1.07. The lowest BCUT2D eigenvalue weighted by Gasteiger charge is -2.03. The summed E-state index contributed by atoms with van der Waals surface area (Å²) >= 11 is 0. The van der Waals surface area contributed by atoms with Crippen LogP contribution in [-0.4, -0.2) is 0 Å². The second kappa shape index (κ2) is 2.76. The summed E-state index contributed by atoms with van der Waals surface area (Å²) in [6.45, 7) is 0. The Labute approximate surface area is 73.8 Å². The van der Waals surface area contributed by atoms with Gasteiger partial charge in [-0.1, -0.05) is 36.4 Å². The number of anilines is 1. The van der Waals surface area contributed by atoms with E-state index in [1.807, 2.05) is 24.3 Å². The normalized spacial score (nSPS) is 10.4. The van der Waals surface area contributed by atoms with E-state index in [-0.39, 0.29) is 0 Å². The first-order valence-corrected chi connectivity index (χ1v) is 4.39. The molecule has 1 atom stereocenters. The van der Waals surface area contributed by atoms with Crippen molar-refractivity contribution in [1.29, 1.82) is 0 Å². The number of rotatable bonds is 0. The van der Waals surface area contributed by atoms with E-state index in [4.69, 9.17) is 5.73 Å². The molecule has 0 saturated heterocycles. The maximum atomic E-state index is 5.90. The molecule has 0 amide bonds. The minimum Gasteiger partial charge on any atom is -0.398 e. The summed E-state index contributed by atoms with van der Waals surface area (Å²) in [6, 6.07) is 12.2. The van der Waals surface area contributed by atoms with Gasteiger partial charge in [0.05, 0.1) is 0 Å². The molecule has 0 aromatic heterocycles. The maximum absolute atomic E-state index is 5.90. The lowest BCUT2D eigenvalue weighted by Crippen LogP contribution is -2.00. The van der Waals surface area contributed by atoms with Crippen molar-refractivity contribution >= 4 is 31.0 Å². The third-order valence-electron chi connectivity index (χ3n) is 2.00. The van der Waals surface area contributed by atoms with E-state index in [2.05, 4.69) is 21.4 Å². The van der Waals surface area contributed by atoms with Crippen LogP contribution in [0.25, 0.3) is 10.8 Å². The van der Waals surface area contributed by atoms with Gasteiger partial charge in [0.25, 0.3) is 0 Å². The molecule has 60 valence electrons. The van der Waals surface area contributed by atoms with Gasteiger partial charge in [-0.05, 0) is 10.7 Å². The van der Waals surface area contributed by atoms with Crippen LogP contribution < -0.4 is 11.0 Å². The zero-order valence-corrected chi connectivity index (χ0v) is 7.77. The molecule has 0 spiro atoms. The van der Waals surface area contributed by atoms with Crippen molar-refractivity contribution in [3.8, 4) is 0 Å². The zero-order chi connectivity index (χ0) is 8.55. The molecule has 2 heteroatoms. The summed E-state index contributed by atoms with van der Waals surface area (Å²) in [6.07, 6.45) is 0. The first-order valence-electron chi connectivity index (χ1n) is 3.82. The second-order valence-electron chi connectivity index (χ2n) is 2.79. The van der Waals surface area contributed by atoms with Crippen molar-refractivity contribution < 1.29 is 0 Å². The van der Waals surface area contributed by atoms with Gasteiger partial charge in [-0.3, -0.25) is 0 Å². The molecule has 0 fully saturated rings. The Morgan fingerprint density at radius 1 is 1.00 bits per heavy atom. The summed E-state index contributed by atoms with van der Waals surface area (Å²) in [5.74, 6) is 0. The van der Waals surface area contributed by atoms with E-state index < -0.39 is 0 Å². The van der Waals surface area contributed by atoms with Gasteiger partial charge in [0.2, 0.25) is 0 Å². The van der Waals surface area contributed by atoms with Crippen LogP contribution in [0.1, 0.15) is 0 Å². The van der Waals surface area contributed by atoms with Gasteiger partial charge in [0.15, 0.2) is 0 Å². The molecule has 2 aromatic carbocycles. The highest BCUT2D eigenvalue weighted by Gasteiger charge is 1.98. The molecule has 0 saturated carbocycles. The minimum atomic E-state index is 0.859. The van der Waals surface area contributed by atoms with Crippen LogP contribution in [0.2, 0.25) is 0 Å². The lowest BCUT2D eigenvalue weighted by atomic mass is 10.1. The van der Waals surface area contributed by atoms with E-state index in [0.29, 0.717) is 0 Å². The molecule has 0 bridgehead atoms. The van der Waals surface area contributed by atoms with Crippen LogP contribution in [0.3, 0.4) is 0 Å². The van der Waals surface area contributed by atoms with Crippen molar-refractivity contribution in [3.05, 3.63) is 36.4 Å². The fourth-order valence-electron chi connectivity index (χ4n) is 1.31. The first kappa shape index (κ1) is 7.57. The highest BCUT2D eigenvalue weighted by atomic mass is 31.0. The summed E-state index contributed by atoms with van der Waals surface area (Å²) in [5.41, 5.74) is 6.76. The molecule has 1 unspecified atom stereocenters. The van der Waals surface area contributed by atoms with Crippen LogP contribution in [0.5, 0.6) is 0 Å². The Kier molecular flexibility index (Phi) is 1.74. The molecule has 0 heterocycles. The molecule has 12 heavy (non-hydrogen) atoms. The van der Waals surface area contributed by atoms with Crippen molar-refractivity contribution in [2.75, 3.05) is 5.73 Å². The van der Waals surface area contributed by atoms with Crippen molar-refractivity contribution in [2.45, 2.75) is 0 Å². The maximum Gasteiger partial charge on any atom is 0.0466 e. The summed E-state index contributed by atoms with van der Waals surface area (Å²) in [4.78, 5) is 0. The van der Waals surface area contributed by atoms with Crippen LogP contribution in [0.15, 0.2) is 36.4 Å². The van der Waals surface area contributed by atoms with Gasteiger partial charge in [-0.15, -0.1) is 9.24 Å². The minimum absolute atomic E-state index is 0.859. The SMILES string of the molecule is Nc1c(P)ccc2ccccc12. The predicted octanol–water partition coefficient (Wildman–Crippen LogP) is 1.92. The van der Waals surface area contributed by atoms with Gasteiger partial charge in [-0.2, -0.15) is 0 Å². The van der Waals surface area contributed by atoms with Crippen molar-refractivity contribution in [2.24, 2.45) is 0 Å². The van der Waals surface area contributed by atoms with Gasteiger partial charge in [0.1, 0.15) is 0 Å². The predicted molar refractivity (Wildman–Crippen MR) is 57.7 cm³/mol. The molecular formula is C10H10NP. The van der Waals surface area contributed by atoms with Gasteiger partial charge in [-0.25, -0.2) is 0 Å². The number of hydrogen-bond acceptors (Lipinski definition) is 1.